The third kappa shape index (κ3) is 3.67. The number of halogens is 8. The fraction of sp³-hybridized carbons (Fsp3) is 0.267. The van der Waals surface area contributed by atoms with E-state index in [9.17, 15) is 35.1 Å². The lowest BCUT2D eigenvalue weighted by Gasteiger charge is -2.18. The number of aromatic nitrogens is 1. The van der Waals surface area contributed by atoms with E-state index in [1.165, 1.54) is 11.0 Å². The maximum atomic E-state index is 14.2. The summed E-state index contributed by atoms with van der Waals surface area (Å²) in [6.07, 6.45) is -10.00. The van der Waals surface area contributed by atoms with E-state index in [0.29, 0.717) is 5.69 Å². The predicted octanol–water partition coefficient (Wildman–Crippen LogP) is 5.13. The summed E-state index contributed by atoms with van der Waals surface area (Å²) in [6, 6.07) is 2.50. The lowest BCUT2D eigenvalue weighted by molar-refractivity contribution is -0.149. The molecule has 136 valence electrons. The monoisotopic (exact) mass is 370 g/mol. The highest BCUT2D eigenvalue weighted by atomic mass is 19.4. The molecule has 1 aromatic heterocycles. The Morgan fingerprint density at radius 3 is 1.96 bits per heavy atom. The lowest BCUT2D eigenvalue weighted by Crippen LogP contribution is -2.18. The third-order valence-electron chi connectivity index (χ3n) is 3.33. The molecule has 0 spiro atoms. The molecular formula is C15H10F8N2. The van der Waals surface area contributed by atoms with Crippen molar-refractivity contribution in [1.82, 2.24) is 4.98 Å². The van der Waals surface area contributed by atoms with Crippen LogP contribution in [-0.2, 0) is 12.4 Å². The molecule has 0 amide bonds. The van der Waals surface area contributed by atoms with Crippen molar-refractivity contribution in [3.63, 3.8) is 0 Å². The van der Waals surface area contributed by atoms with Crippen LogP contribution in [0, 0.1) is 11.6 Å². The molecule has 2 aromatic rings. The SMILES string of the molecule is CN(C)c1ccnc(-c2cc(C(F)(F)F)c(F)c(C(F)(F)F)c2F)c1. The molecule has 0 radical (unpaired) electrons. The van der Waals surface area contributed by atoms with E-state index in [0.717, 1.165) is 12.3 Å². The zero-order valence-electron chi connectivity index (χ0n) is 12.7. The van der Waals surface area contributed by atoms with Crippen LogP contribution < -0.4 is 4.90 Å². The van der Waals surface area contributed by atoms with Gasteiger partial charge in [0.15, 0.2) is 5.82 Å². The fourth-order valence-corrected chi connectivity index (χ4v) is 2.12. The molecule has 0 fully saturated rings. The second kappa shape index (κ2) is 6.16. The highest BCUT2D eigenvalue weighted by Gasteiger charge is 2.45. The van der Waals surface area contributed by atoms with Crippen molar-refractivity contribution >= 4 is 5.69 Å². The molecule has 0 aliphatic carbocycles. The van der Waals surface area contributed by atoms with Crippen LogP contribution in [0.1, 0.15) is 11.1 Å². The van der Waals surface area contributed by atoms with Crippen molar-refractivity contribution in [2.45, 2.75) is 12.4 Å². The zero-order chi connectivity index (χ0) is 19.2. The van der Waals surface area contributed by atoms with Gasteiger partial charge >= 0.3 is 12.4 Å². The van der Waals surface area contributed by atoms with Crippen molar-refractivity contribution in [3.8, 4) is 11.3 Å². The average molecular weight is 370 g/mol. The summed E-state index contributed by atoms with van der Waals surface area (Å²) in [6.45, 7) is 0. The third-order valence-corrected chi connectivity index (χ3v) is 3.33. The molecule has 0 N–H and O–H groups in total. The van der Waals surface area contributed by atoms with Gasteiger partial charge in [0.25, 0.3) is 0 Å². The number of nitrogens with zero attached hydrogens (tertiary/aromatic N) is 2. The van der Waals surface area contributed by atoms with Crippen LogP contribution in [0.3, 0.4) is 0 Å². The average Bonchev–Trinajstić information content (AvgIpc) is 2.44. The first kappa shape index (κ1) is 18.9. The van der Waals surface area contributed by atoms with Crippen LogP contribution in [0.15, 0.2) is 24.4 Å². The topological polar surface area (TPSA) is 16.1 Å². The normalized spacial score (nSPS) is 12.4. The number of hydrogen-bond donors (Lipinski definition) is 0. The first-order valence-electron chi connectivity index (χ1n) is 6.64. The Hall–Kier alpha value is -2.39. The van der Waals surface area contributed by atoms with Gasteiger partial charge in [-0.1, -0.05) is 0 Å². The Morgan fingerprint density at radius 2 is 1.48 bits per heavy atom. The molecule has 0 saturated heterocycles. The first-order chi connectivity index (χ1) is 11.3. The Kier molecular flexibility index (Phi) is 4.67. The molecule has 0 bridgehead atoms. The standard InChI is InChI=1S/C15H10F8N2/c1-25(2)7-3-4-24-10(5-7)8-6-9(14(18,19)20)13(17)11(12(8)16)15(21,22)23/h3-6H,1-2H3. The minimum Gasteiger partial charge on any atom is -0.378 e. The molecule has 1 aromatic carbocycles. The summed E-state index contributed by atoms with van der Waals surface area (Å²) in [5.41, 5.74) is -6.04. The van der Waals surface area contributed by atoms with Gasteiger partial charge in [-0.25, -0.2) is 8.78 Å². The fourth-order valence-electron chi connectivity index (χ4n) is 2.12. The van der Waals surface area contributed by atoms with E-state index < -0.39 is 46.4 Å². The van der Waals surface area contributed by atoms with Crippen molar-refractivity contribution in [1.29, 1.82) is 0 Å². The Bertz CT molecular complexity index is 793. The van der Waals surface area contributed by atoms with Gasteiger partial charge in [-0.05, 0) is 18.2 Å². The molecule has 2 rings (SSSR count). The lowest BCUT2D eigenvalue weighted by atomic mass is 10.00. The predicted molar refractivity (Wildman–Crippen MR) is 73.9 cm³/mol. The molecule has 0 saturated carbocycles. The molecule has 1 heterocycles. The molecular weight excluding hydrogens is 360 g/mol. The number of pyridine rings is 1. The van der Waals surface area contributed by atoms with Gasteiger partial charge in [0.2, 0.25) is 0 Å². The number of hydrogen-bond acceptors (Lipinski definition) is 2. The van der Waals surface area contributed by atoms with E-state index in [1.807, 2.05) is 0 Å². The summed E-state index contributed by atoms with van der Waals surface area (Å²) >= 11 is 0. The Balaban J connectivity index is 2.85. The molecule has 0 aliphatic rings. The highest BCUT2D eigenvalue weighted by molar-refractivity contribution is 5.67. The van der Waals surface area contributed by atoms with E-state index in [-0.39, 0.29) is 6.07 Å². The maximum Gasteiger partial charge on any atom is 0.422 e. The van der Waals surface area contributed by atoms with Gasteiger partial charge < -0.3 is 4.90 Å². The summed E-state index contributed by atoms with van der Waals surface area (Å²) in [7, 11) is 3.12. The molecule has 0 unspecified atom stereocenters. The largest absolute Gasteiger partial charge is 0.422 e. The molecule has 2 nitrogen and oxygen atoms in total. The number of rotatable bonds is 2. The first-order valence-corrected chi connectivity index (χ1v) is 6.64. The number of benzene rings is 1. The summed E-state index contributed by atoms with van der Waals surface area (Å²) in [5.74, 6) is -4.86. The van der Waals surface area contributed by atoms with Crippen LogP contribution in [0.4, 0.5) is 40.8 Å². The Morgan fingerprint density at radius 1 is 0.880 bits per heavy atom. The second-order valence-electron chi connectivity index (χ2n) is 5.26. The quantitative estimate of drug-likeness (QED) is 0.682. The van der Waals surface area contributed by atoms with Crippen LogP contribution in [0.5, 0.6) is 0 Å². The van der Waals surface area contributed by atoms with Gasteiger partial charge in [0, 0.05) is 31.5 Å². The molecule has 0 aliphatic heterocycles. The van der Waals surface area contributed by atoms with Crippen LogP contribution in [0.2, 0.25) is 0 Å². The van der Waals surface area contributed by atoms with Gasteiger partial charge in [-0.3, -0.25) is 4.98 Å². The zero-order valence-corrected chi connectivity index (χ0v) is 12.7. The van der Waals surface area contributed by atoms with Crippen molar-refractivity contribution in [2.75, 3.05) is 19.0 Å². The summed E-state index contributed by atoms with van der Waals surface area (Å²) in [5, 5.41) is 0. The highest BCUT2D eigenvalue weighted by Crippen LogP contribution is 2.43. The van der Waals surface area contributed by atoms with E-state index in [4.69, 9.17) is 0 Å². The number of alkyl halides is 6. The van der Waals surface area contributed by atoms with E-state index in [2.05, 4.69) is 4.98 Å². The minimum absolute atomic E-state index is 0.0122. The van der Waals surface area contributed by atoms with Crippen molar-refractivity contribution < 1.29 is 35.1 Å². The van der Waals surface area contributed by atoms with Gasteiger partial charge in [-0.2, -0.15) is 26.3 Å². The minimum atomic E-state index is -5.65. The van der Waals surface area contributed by atoms with Crippen LogP contribution in [0.25, 0.3) is 11.3 Å². The maximum absolute atomic E-state index is 14.2. The van der Waals surface area contributed by atoms with Crippen LogP contribution in [-0.4, -0.2) is 19.1 Å². The van der Waals surface area contributed by atoms with Gasteiger partial charge in [0.1, 0.15) is 11.4 Å². The van der Waals surface area contributed by atoms with Gasteiger partial charge in [-0.15, -0.1) is 0 Å². The second-order valence-corrected chi connectivity index (χ2v) is 5.26. The van der Waals surface area contributed by atoms with E-state index in [1.54, 1.807) is 14.1 Å². The van der Waals surface area contributed by atoms with Crippen molar-refractivity contribution in [3.05, 3.63) is 47.2 Å². The summed E-state index contributed by atoms with van der Waals surface area (Å²) in [4.78, 5) is 5.09. The number of anilines is 1. The molecule has 0 atom stereocenters. The van der Waals surface area contributed by atoms with Crippen molar-refractivity contribution in [2.24, 2.45) is 0 Å². The smallest absolute Gasteiger partial charge is 0.378 e. The Labute approximate surface area is 136 Å². The van der Waals surface area contributed by atoms with Gasteiger partial charge in [0.05, 0.1) is 11.3 Å². The summed E-state index contributed by atoms with van der Waals surface area (Å²) < 4.78 is 105. The molecule has 10 heteroatoms. The van der Waals surface area contributed by atoms with E-state index >= 15 is 0 Å². The molecule has 25 heavy (non-hydrogen) atoms. The van der Waals surface area contributed by atoms with Crippen LogP contribution >= 0.6 is 0 Å².